The third-order valence-electron chi connectivity index (χ3n) is 2.20. The lowest BCUT2D eigenvalue weighted by atomic mass is 10.2. The molecule has 0 aliphatic rings. The molecule has 0 bridgehead atoms. The Kier molecular flexibility index (Phi) is 3.88. The van der Waals surface area contributed by atoms with Crippen molar-refractivity contribution in [1.29, 1.82) is 0 Å². The standard InChI is InChI=1S/C11H15F2NO/c1-4-5-14(2)8-6-9(12)11(13)10(7-8)15-3/h6-7H,4-5H2,1-3H3. The molecule has 1 aromatic carbocycles. The maximum absolute atomic E-state index is 13.1. The first kappa shape index (κ1) is 11.8. The highest BCUT2D eigenvalue weighted by Crippen LogP contribution is 2.26. The van der Waals surface area contributed by atoms with Crippen LogP contribution in [-0.4, -0.2) is 20.7 Å². The van der Waals surface area contributed by atoms with Gasteiger partial charge in [0.25, 0.3) is 0 Å². The summed E-state index contributed by atoms with van der Waals surface area (Å²) in [6.45, 7) is 2.81. The fraction of sp³-hybridized carbons (Fsp3) is 0.455. The van der Waals surface area contributed by atoms with Crippen molar-refractivity contribution in [2.45, 2.75) is 13.3 Å². The van der Waals surface area contributed by atoms with Gasteiger partial charge in [0.15, 0.2) is 11.6 Å². The molecule has 0 unspecified atom stereocenters. The molecule has 2 nitrogen and oxygen atoms in total. The molecule has 0 N–H and O–H groups in total. The van der Waals surface area contributed by atoms with Crippen LogP contribution in [0.25, 0.3) is 0 Å². The van der Waals surface area contributed by atoms with Crippen LogP contribution >= 0.6 is 0 Å². The summed E-state index contributed by atoms with van der Waals surface area (Å²) < 4.78 is 31.0. The van der Waals surface area contributed by atoms with E-state index in [0.717, 1.165) is 13.0 Å². The van der Waals surface area contributed by atoms with Crippen molar-refractivity contribution >= 4 is 5.69 Å². The molecule has 0 saturated heterocycles. The van der Waals surface area contributed by atoms with Gasteiger partial charge in [-0.1, -0.05) is 6.92 Å². The van der Waals surface area contributed by atoms with Gasteiger partial charge < -0.3 is 9.64 Å². The molecular formula is C11H15F2NO. The number of methoxy groups -OCH3 is 1. The van der Waals surface area contributed by atoms with Gasteiger partial charge in [-0.25, -0.2) is 4.39 Å². The lowest BCUT2D eigenvalue weighted by Crippen LogP contribution is -2.18. The molecule has 1 rings (SSSR count). The fourth-order valence-electron chi connectivity index (χ4n) is 1.38. The molecule has 0 amide bonds. The zero-order valence-corrected chi connectivity index (χ0v) is 9.18. The minimum atomic E-state index is -0.939. The van der Waals surface area contributed by atoms with E-state index in [4.69, 9.17) is 4.74 Å². The first-order valence-corrected chi connectivity index (χ1v) is 4.84. The molecule has 15 heavy (non-hydrogen) atoms. The summed E-state index contributed by atoms with van der Waals surface area (Å²) in [5, 5.41) is 0. The lowest BCUT2D eigenvalue weighted by molar-refractivity contribution is 0.372. The van der Waals surface area contributed by atoms with Gasteiger partial charge in [0.05, 0.1) is 7.11 Å². The topological polar surface area (TPSA) is 12.5 Å². The molecule has 0 atom stereocenters. The second kappa shape index (κ2) is 4.96. The van der Waals surface area contributed by atoms with Crippen LogP contribution in [0.5, 0.6) is 5.75 Å². The summed E-state index contributed by atoms with van der Waals surface area (Å²) in [5.74, 6) is -1.88. The molecule has 0 aliphatic heterocycles. The van der Waals surface area contributed by atoms with E-state index >= 15 is 0 Å². The second-order valence-electron chi connectivity index (χ2n) is 3.37. The Bertz CT molecular complexity index is 342. The number of nitrogens with zero attached hydrogens (tertiary/aromatic N) is 1. The fourth-order valence-corrected chi connectivity index (χ4v) is 1.38. The van der Waals surface area contributed by atoms with E-state index in [1.165, 1.54) is 19.2 Å². The van der Waals surface area contributed by atoms with E-state index < -0.39 is 11.6 Å². The molecule has 0 fully saturated rings. The van der Waals surface area contributed by atoms with Gasteiger partial charge in [0, 0.05) is 31.4 Å². The van der Waals surface area contributed by atoms with Crippen molar-refractivity contribution in [1.82, 2.24) is 0 Å². The van der Waals surface area contributed by atoms with Crippen LogP contribution in [-0.2, 0) is 0 Å². The number of anilines is 1. The molecule has 84 valence electrons. The highest BCUT2D eigenvalue weighted by Gasteiger charge is 2.12. The lowest BCUT2D eigenvalue weighted by Gasteiger charge is -2.19. The van der Waals surface area contributed by atoms with Crippen LogP contribution in [0.3, 0.4) is 0 Å². The highest BCUT2D eigenvalue weighted by molar-refractivity contribution is 5.51. The number of halogens is 2. The van der Waals surface area contributed by atoms with Crippen molar-refractivity contribution in [3.63, 3.8) is 0 Å². The van der Waals surface area contributed by atoms with Gasteiger partial charge in [-0.15, -0.1) is 0 Å². The Hall–Kier alpha value is -1.32. The Morgan fingerprint density at radius 3 is 2.53 bits per heavy atom. The Morgan fingerprint density at radius 2 is 2.00 bits per heavy atom. The first-order chi connectivity index (χ1) is 7.10. The van der Waals surface area contributed by atoms with Crippen LogP contribution < -0.4 is 9.64 Å². The number of hydrogen-bond acceptors (Lipinski definition) is 2. The van der Waals surface area contributed by atoms with Crippen molar-refractivity contribution in [2.75, 3.05) is 25.6 Å². The SMILES string of the molecule is CCCN(C)c1cc(F)c(F)c(OC)c1. The average Bonchev–Trinajstić information content (AvgIpc) is 2.22. The van der Waals surface area contributed by atoms with Crippen LogP contribution in [0.15, 0.2) is 12.1 Å². The monoisotopic (exact) mass is 215 g/mol. The van der Waals surface area contributed by atoms with Gasteiger partial charge in [-0.2, -0.15) is 4.39 Å². The van der Waals surface area contributed by atoms with E-state index in [2.05, 4.69) is 0 Å². The zero-order chi connectivity index (χ0) is 11.4. The molecule has 1 aromatic rings. The smallest absolute Gasteiger partial charge is 0.200 e. The molecule has 0 aliphatic carbocycles. The van der Waals surface area contributed by atoms with E-state index in [1.807, 2.05) is 18.9 Å². The van der Waals surface area contributed by atoms with Crippen LogP contribution in [0, 0.1) is 11.6 Å². The largest absolute Gasteiger partial charge is 0.493 e. The van der Waals surface area contributed by atoms with Crippen molar-refractivity contribution in [3.05, 3.63) is 23.8 Å². The minimum Gasteiger partial charge on any atom is -0.493 e. The van der Waals surface area contributed by atoms with Crippen molar-refractivity contribution in [3.8, 4) is 5.75 Å². The molecule has 0 spiro atoms. The quantitative estimate of drug-likeness (QED) is 0.765. The summed E-state index contributed by atoms with van der Waals surface area (Å²) in [4.78, 5) is 1.85. The Labute approximate surface area is 88.5 Å². The van der Waals surface area contributed by atoms with E-state index in [-0.39, 0.29) is 5.75 Å². The van der Waals surface area contributed by atoms with Gasteiger partial charge in [-0.05, 0) is 6.42 Å². The van der Waals surface area contributed by atoms with Crippen molar-refractivity contribution in [2.24, 2.45) is 0 Å². The van der Waals surface area contributed by atoms with Crippen LogP contribution in [0.4, 0.5) is 14.5 Å². The van der Waals surface area contributed by atoms with Crippen molar-refractivity contribution < 1.29 is 13.5 Å². The molecule has 0 heterocycles. The highest BCUT2D eigenvalue weighted by atomic mass is 19.2. The van der Waals surface area contributed by atoms with E-state index in [9.17, 15) is 8.78 Å². The summed E-state index contributed by atoms with van der Waals surface area (Å²) >= 11 is 0. The van der Waals surface area contributed by atoms with Crippen LogP contribution in [0.1, 0.15) is 13.3 Å². The number of benzene rings is 1. The number of rotatable bonds is 4. The third-order valence-corrected chi connectivity index (χ3v) is 2.20. The Balaban J connectivity index is 3.05. The predicted octanol–water partition coefficient (Wildman–Crippen LogP) is 2.82. The summed E-state index contributed by atoms with van der Waals surface area (Å²) in [6, 6.07) is 2.67. The molecule has 0 aromatic heterocycles. The maximum atomic E-state index is 13.1. The summed E-state index contributed by atoms with van der Waals surface area (Å²) in [5.41, 5.74) is 0.618. The second-order valence-corrected chi connectivity index (χ2v) is 3.37. The zero-order valence-electron chi connectivity index (χ0n) is 9.18. The van der Waals surface area contributed by atoms with Gasteiger partial charge >= 0.3 is 0 Å². The third kappa shape index (κ3) is 2.58. The summed E-state index contributed by atoms with van der Waals surface area (Å²) in [6.07, 6.45) is 0.942. The van der Waals surface area contributed by atoms with E-state index in [0.29, 0.717) is 5.69 Å². The van der Waals surface area contributed by atoms with Gasteiger partial charge in [0.2, 0.25) is 5.82 Å². The normalized spacial score (nSPS) is 10.2. The maximum Gasteiger partial charge on any atom is 0.200 e. The molecule has 4 heteroatoms. The summed E-state index contributed by atoms with van der Waals surface area (Å²) in [7, 11) is 3.15. The molecule has 0 radical (unpaired) electrons. The molecular weight excluding hydrogens is 200 g/mol. The predicted molar refractivity (Wildman–Crippen MR) is 56.5 cm³/mol. The molecule has 0 saturated carbocycles. The Morgan fingerprint density at radius 1 is 1.33 bits per heavy atom. The average molecular weight is 215 g/mol. The number of ether oxygens (including phenoxy) is 1. The van der Waals surface area contributed by atoms with Gasteiger partial charge in [0.1, 0.15) is 0 Å². The first-order valence-electron chi connectivity index (χ1n) is 4.84. The minimum absolute atomic E-state index is 0.0621. The van der Waals surface area contributed by atoms with Gasteiger partial charge in [-0.3, -0.25) is 0 Å². The number of hydrogen-bond donors (Lipinski definition) is 0. The van der Waals surface area contributed by atoms with Crippen LogP contribution in [0.2, 0.25) is 0 Å². The van der Waals surface area contributed by atoms with E-state index in [1.54, 1.807) is 0 Å².